The Kier molecular flexibility index (Phi) is 5.07. The summed E-state index contributed by atoms with van der Waals surface area (Å²) in [6, 6.07) is 4.49. The van der Waals surface area contributed by atoms with E-state index in [0.717, 1.165) is 12.0 Å². The molecule has 1 amide bonds. The zero-order valence-corrected chi connectivity index (χ0v) is 18.3. The predicted molar refractivity (Wildman–Crippen MR) is 116 cm³/mol. The highest BCUT2D eigenvalue weighted by atomic mass is 16.5. The highest BCUT2D eigenvalue weighted by Crippen LogP contribution is 2.48. The number of benzene rings is 1. The molecule has 0 unspecified atom stereocenters. The minimum absolute atomic E-state index is 0.00496. The van der Waals surface area contributed by atoms with E-state index in [4.69, 9.17) is 4.74 Å². The molecule has 0 spiro atoms. The van der Waals surface area contributed by atoms with Crippen molar-refractivity contribution >= 4 is 28.6 Å². The fourth-order valence-corrected chi connectivity index (χ4v) is 4.63. The molecule has 2 fully saturated rings. The predicted octanol–water partition coefficient (Wildman–Crippen LogP) is 1.99. The number of hydrogen-bond donors (Lipinski definition) is 1. The molecule has 3 aromatic rings. The summed E-state index contributed by atoms with van der Waals surface area (Å²) in [5, 5.41) is 14.5. The first kappa shape index (κ1) is 21.0. The molecule has 170 valence electrons. The first-order valence-electron chi connectivity index (χ1n) is 10.8. The Hall–Kier alpha value is -3.82. The van der Waals surface area contributed by atoms with Crippen molar-refractivity contribution in [1.29, 1.82) is 0 Å². The van der Waals surface area contributed by atoms with Crippen LogP contribution in [-0.2, 0) is 22.7 Å². The second-order valence-electron chi connectivity index (χ2n) is 8.60. The average molecular weight is 449 g/mol. The number of rotatable bonds is 7. The SMILES string of the molecule is CC(=O)c1nn(CC(=O)N2[C@@H]3C[C@@H]3C[C@H]2C(=O)O)c2cc(C)c(OCc3ncccn3)cc12. The summed E-state index contributed by atoms with van der Waals surface area (Å²) >= 11 is 0. The van der Waals surface area contributed by atoms with Gasteiger partial charge in [-0.25, -0.2) is 14.8 Å². The highest BCUT2D eigenvalue weighted by molar-refractivity contribution is 6.05. The van der Waals surface area contributed by atoms with Crippen LogP contribution in [0.2, 0.25) is 0 Å². The van der Waals surface area contributed by atoms with Crippen LogP contribution in [0.3, 0.4) is 0 Å². The van der Waals surface area contributed by atoms with Crippen molar-refractivity contribution in [2.24, 2.45) is 5.92 Å². The van der Waals surface area contributed by atoms with Gasteiger partial charge >= 0.3 is 5.97 Å². The Morgan fingerprint density at radius 2 is 1.94 bits per heavy atom. The number of piperidine rings is 1. The van der Waals surface area contributed by atoms with Crippen LogP contribution in [0.4, 0.5) is 0 Å². The molecular weight excluding hydrogens is 426 g/mol. The molecule has 1 N–H and O–H groups in total. The van der Waals surface area contributed by atoms with Gasteiger partial charge in [-0.3, -0.25) is 14.3 Å². The Labute approximate surface area is 189 Å². The number of carbonyl (C=O) groups is 3. The summed E-state index contributed by atoms with van der Waals surface area (Å²) in [6.45, 7) is 3.32. The van der Waals surface area contributed by atoms with E-state index in [-0.39, 0.29) is 42.5 Å². The third-order valence-corrected chi connectivity index (χ3v) is 6.32. The van der Waals surface area contributed by atoms with Crippen molar-refractivity contribution in [1.82, 2.24) is 24.6 Å². The number of amides is 1. The Bertz CT molecular complexity index is 1270. The normalized spacial score (nSPS) is 21.2. The number of aromatic nitrogens is 4. The number of Topliss-reactive ketones (excluding diaryl/α,β-unsaturated/α-hetero) is 1. The smallest absolute Gasteiger partial charge is 0.326 e. The summed E-state index contributed by atoms with van der Waals surface area (Å²) in [4.78, 5) is 46.7. The fourth-order valence-electron chi connectivity index (χ4n) is 4.63. The van der Waals surface area contributed by atoms with Crippen LogP contribution >= 0.6 is 0 Å². The maximum Gasteiger partial charge on any atom is 0.326 e. The average Bonchev–Trinajstić information content (AvgIpc) is 3.31. The topological polar surface area (TPSA) is 128 Å². The van der Waals surface area contributed by atoms with Gasteiger partial charge in [-0.05, 0) is 49.4 Å². The monoisotopic (exact) mass is 449 g/mol. The van der Waals surface area contributed by atoms with Gasteiger partial charge in [0, 0.05) is 30.7 Å². The maximum atomic E-state index is 13.1. The van der Waals surface area contributed by atoms with Gasteiger partial charge in [-0.15, -0.1) is 0 Å². The Morgan fingerprint density at radius 1 is 1.18 bits per heavy atom. The molecule has 1 aliphatic heterocycles. The number of carboxylic acids is 1. The van der Waals surface area contributed by atoms with Crippen LogP contribution in [0.15, 0.2) is 30.6 Å². The second-order valence-corrected chi connectivity index (χ2v) is 8.60. The summed E-state index contributed by atoms with van der Waals surface area (Å²) in [5.41, 5.74) is 1.65. The molecule has 0 radical (unpaired) electrons. The molecule has 10 heteroatoms. The second kappa shape index (κ2) is 7.95. The molecule has 10 nitrogen and oxygen atoms in total. The van der Waals surface area contributed by atoms with Crippen LogP contribution in [0.5, 0.6) is 5.75 Å². The van der Waals surface area contributed by atoms with E-state index in [1.165, 1.54) is 16.5 Å². The first-order valence-corrected chi connectivity index (χ1v) is 10.8. The van der Waals surface area contributed by atoms with Gasteiger partial charge in [0.05, 0.1) is 5.52 Å². The van der Waals surface area contributed by atoms with Crippen molar-refractivity contribution in [3.8, 4) is 5.75 Å². The van der Waals surface area contributed by atoms with Crippen molar-refractivity contribution < 1.29 is 24.2 Å². The first-order chi connectivity index (χ1) is 15.8. The number of carbonyl (C=O) groups excluding carboxylic acids is 2. The quantitative estimate of drug-likeness (QED) is 0.543. The number of ketones is 1. The number of ether oxygens (including phenoxy) is 1. The van der Waals surface area contributed by atoms with Gasteiger partial charge in [0.2, 0.25) is 5.91 Å². The number of nitrogens with zero attached hydrogens (tertiary/aromatic N) is 5. The number of fused-ring (bicyclic) bond motifs is 2. The molecule has 1 aromatic carbocycles. The lowest BCUT2D eigenvalue weighted by Gasteiger charge is -2.24. The molecule has 1 saturated heterocycles. The molecule has 5 rings (SSSR count). The van der Waals surface area contributed by atoms with Gasteiger partial charge < -0.3 is 14.7 Å². The molecule has 3 atom stereocenters. The molecule has 0 bridgehead atoms. The molecule has 3 heterocycles. The van der Waals surface area contributed by atoms with Gasteiger partial charge in [0.25, 0.3) is 0 Å². The summed E-state index contributed by atoms with van der Waals surface area (Å²) < 4.78 is 7.37. The van der Waals surface area contributed by atoms with E-state index in [1.54, 1.807) is 24.5 Å². The third kappa shape index (κ3) is 3.81. The molecule has 2 aliphatic rings. The number of likely N-dealkylation sites (tertiary alicyclic amines) is 1. The Morgan fingerprint density at radius 3 is 2.64 bits per heavy atom. The molecule has 2 aromatic heterocycles. The minimum Gasteiger partial charge on any atom is -0.485 e. The van der Waals surface area contributed by atoms with E-state index in [9.17, 15) is 19.5 Å². The van der Waals surface area contributed by atoms with Crippen LogP contribution in [0.1, 0.15) is 41.6 Å². The summed E-state index contributed by atoms with van der Waals surface area (Å²) in [5.74, 6) is -0.153. The van der Waals surface area contributed by atoms with Crippen LogP contribution < -0.4 is 4.74 Å². The van der Waals surface area contributed by atoms with Crippen molar-refractivity contribution in [3.63, 3.8) is 0 Å². The minimum atomic E-state index is -0.981. The van der Waals surface area contributed by atoms with Crippen molar-refractivity contribution in [2.45, 2.75) is 51.9 Å². The molecule has 33 heavy (non-hydrogen) atoms. The zero-order valence-electron chi connectivity index (χ0n) is 18.3. The fraction of sp³-hybridized carbons (Fsp3) is 0.391. The number of carboxylic acid groups (broad SMARTS) is 1. The van der Waals surface area contributed by atoms with E-state index in [0.29, 0.717) is 28.9 Å². The number of aryl methyl sites for hydroxylation is 1. The largest absolute Gasteiger partial charge is 0.485 e. The van der Waals surface area contributed by atoms with Gasteiger partial charge in [0.1, 0.15) is 30.6 Å². The highest BCUT2D eigenvalue weighted by Gasteiger charge is 2.56. The lowest BCUT2D eigenvalue weighted by molar-refractivity contribution is -0.149. The van der Waals surface area contributed by atoms with Gasteiger partial charge in [-0.1, -0.05) is 0 Å². The Balaban J connectivity index is 1.44. The van der Waals surface area contributed by atoms with E-state index in [2.05, 4.69) is 15.1 Å². The van der Waals surface area contributed by atoms with Crippen LogP contribution in [0, 0.1) is 12.8 Å². The van der Waals surface area contributed by atoms with Crippen molar-refractivity contribution in [2.75, 3.05) is 0 Å². The summed E-state index contributed by atoms with van der Waals surface area (Å²) in [6.07, 6.45) is 4.61. The molecular formula is C23H23N5O5. The lowest BCUT2D eigenvalue weighted by atomic mass is 10.1. The molecule has 1 saturated carbocycles. The molecule has 1 aliphatic carbocycles. The maximum absolute atomic E-state index is 13.1. The van der Waals surface area contributed by atoms with E-state index < -0.39 is 12.0 Å². The van der Waals surface area contributed by atoms with Crippen LogP contribution in [0.25, 0.3) is 10.9 Å². The van der Waals surface area contributed by atoms with E-state index >= 15 is 0 Å². The standard InChI is InChI=1S/C23H23N5O5/c1-12-6-17-15(9-19(12)33-11-20-24-4-3-5-25-20)22(13(2)29)26-27(17)10-21(30)28-16-7-14(16)8-18(28)23(31)32/h3-6,9,14,16,18H,7-8,10-11H2,1-2H3,(H,31,32)/t14-,16-,18+/m1/s1. The number of hydrogen-bond acceptors (Lipinski definition) is 7. The zero-order chi connectivity index (χ0) is 23.3. The summed E-state index contributed by atoms with van der Waals surface area (Å²) in [7, 11) is 0. The van der Waals surface area contributed by atoms with Gasteiger partial charge in [-0.2, -0.15) is 5.10 Å². The number of aliphatic carboxylic acids is 1. The lowest BCUT2D eigenvalue weighted by Crippen LogP contribution is -2.44. The third-order valence-electron chi connectivity index (χ3n) is 6.32. The van der Waals surface area contributed by atoms with Gasteiger partial charge in [0.15, 0.2) is 11.6 Å². The van der Waals surface area contributed by atoms with E-state index in [1.807, 2.05) is 13.0 Å². The van der Waals surface area contributed by atoms with Crippen LogP contribution in [-0.4, -0.2) is 59.5 Å². The van der Waals surface area contributed by atoms with Crippen molar-refractivity contribution in [3.05, 3.63) is 47.7 Å².